The lowest BCUT2D eigenvalue weighted by Gasteiger charge is -2.10. The molecule has 0 aromatic rings. The summed E-state index contributed by atoms with van der Waals surface area (Å²) in [5, 5.41) is 0. The highest BCUT2D eigenvalue weighted by atomic mass is 31.0. The Hall–Kier alpha value is -0.670. The minimum absolute atomic E-state index is 0.146. The van der Waals surface area contributed by atoms with Gasteiger partial charge in [0.2, 0.25) is 0 Å². The molecule has 0 radical (unpaired) electrons. The second-order valence-corrected chi connectivity index (χ2v) is 2.20. The van der Waals surface area contributed by atoms with Crippen LogP contribution in [0.1, 0.15) is 6.42 Å². The van der Waals surface area contributed by atoms with Crippen LogP contribution in [0.2, 0.25) is 0 Å². The van der Waals surface area contributed by atoms with E-state index in [9.17, 15) is 9.59 Å². The van der Waals surface area contributed by atoms with Gasteiger partial charge in [0.15, 0.2) is 6.10 Å². The van der Waals surface area contributed by atoms with Crippen LogP contribution in [0.4, 0.5) is 0 Å². The van der Waals surface area contributed by atoms with Crippen molar-refractivity contribution >= 4 is 21.4 Å². The lowest BCUT2D eigenvalue weighted by atomic mass is 10.2. The predicted octanol–water partition coefficient (Wildman–Crippen LogP) is -0.102. The first-order valence-corrected chi connectivity index (χ1v) is 3.63. The van der Waals surface area contributed by atoms with E-state index in [4.69, 9.17) is 0 Å². The van der Waals surface area contributed by atoms with Crippen LogP contribution in [-0.2, 0) is 23.6 Å². The van der Waals surface area contributed by atoms with Crippen molar-refractivity contribution < 1.29 is 23.6 Å². The largest absolute Gasteiger partial charge is 0.469 e. The molecule has 5 nitrogen and oxygen atoms in total. The van der Waals surface area contributed by atoms with Gasteiger partial charge in [-0.1, -0.05) is 0 Å². The molecule has 0 aliphatic carbocycles. The van der Waals surface area contributed by atoms with E-state index in [0.29, 0.717) is 0 Å². The number of rotatable bonds is 4. The number of carbonyl (C=O) groups excluding carboxylic acids is 2. The fourth-order valence-electron chi connectivity index (χ4n) is 0.553. The summed E-state index contributed by atoms with van der Waals surface area (Å²) in [4.78, 5) is 21.5. The first-order chi connectivity index (χ1) is 5.65. The molecule has 0 fully saturated rings. The molecule has 0 aromatic heterocycles. The third-order valence-electron chi connectivity index (χ3n) is 1.21. The molecule has 0 bridgehead atoms. The molecule has 0 heterocycles. The number of esters is 2. The van der Waals surface area contributed by atoms with Crippen molar-refractivity contribution in [2.24, 2.45) is 0 Å². The van der Waals surface area contributed by atoms with E-state index in [2.05, 4.69) is 14.0 Å². The minimum Gasteiger partial charge on any atom is -0.469 e. The van der Waals surface area contributed by atoms with E-state index in [-0.39, 0.29) is 6.42 Å². The zero-order valence-electron chi connectivity index (χ0n) is 6.90. The monoisotopic (exact) mass is 194 g/mol. The predicted molar refractivity (Wildman–Crippen MR) is 43.2 cm³/mol. The van der Waals surface area contributed by atoms with Gasteiger partial charge in [-0.2, -0.15) is 0 Å². The highest BCUT2D eigenvalue weighted by Crippen LogP contribution is 2.06. The first kappa shape index (κ1) is 11.3. The lowest BCUT2D eigenvalue weighted by Crippen LogP contribution is -2.26. The highest BCUT2D eigenvalue weighted by Gasteiger charge is 2.22. The molecule has 0 rings (SSSR count). The summed E-state index contributed by atoms with van der Waals surface area (Å²) in [7, 11) is 4.35. The number of carbonyl (C=O) groups is 2. The van der Waals surface area contributed by atoms with Crippen molar-refractivity contribution in [1.29, 1.82) is 0 Å². The molecule has 0 N–H and O–H groups in total. The Bertz CT molecular complexity index is 169. The topological polar surface area (TPSA) is 61.8 Å². The van der Waals surface area contributed by atoms with E-state index in [1.54, 1.807) is 0 Å². The van der Waals surface area contributed by atoms with Crippen LogP contribution in [0.5, 0.6) is 0 Å². The van der Waals surface area contributed by atoms with Crippen LogP contribution in [0.25, 0.3) is 0 Å². The molecule has 2 atom stereocenters. The normalized spacial score (nSPS) is 11.9. The summed E-state index contributed by atoms with van der Waals surface area (Å²) in [5.41, 5.74) is 0. The Labute approximate surface area is 72.6 Å². The van der Waals surface area contributed by atoms with Gasteiger partial charge in [-0.3, -0.25) is 4.79 Å². The standard InChI is InChI=1S/C6H11O5P/c1-9-5(7)3-4(11-12)6(8)10-2/h4H,3,12H2,1-2H3/t4-/m0/s1. The number of methoxy groups -OCH3 is 2. The number of hydrogen-bond acceptors (Lipinski definition) is 5. The molecule has 0 aliphatic rings. The van der Waals surface area contributed by atoms with Crippen LogP contribution in [0, 0.1) is 0 Å². The molecule has 0 saturated carbocycles. The van der Waals surface area contributed by atoms with Crippen molar-refractivity contribution in [1.82, 2.24) is 0 Å². The smallest absolute Gasteiger partial charge is 0.335 e. The van der Waals surface area contributed by atoms with Crippen LogP contribution < -0.4 is 0 Å². The van der Waals surface area contributed by atoms with Gasteiger partial charge in [-0.25, -0.2) is 4.79 Å². The summed E-state index contributed by atoms with van der Waals surface area (Å²) >= 11 is 0. The van der Waals surface area contributed by atoms with Crippen LogP contribution in [-0.4, -0.2) is 32.3 Å². The van der Waals surface area contributed by atoms with Gasteiger partial charge in [0.1, 0.15) is 0 Å². The fraction of sp³-hybridized carbons (Fsp3) is 0.667. The van der Waals surface area contributed by atoms with Crippen molar-refractivity contribution in [3.63, 3.8) is 0 Å². The fourth-order valence-corrected chi connectivity index (χ4v) is 0.760. The molecule has 12 heavy (non-hydrogen) atoms. The van der Waals surface area contributed by atoms with Crippen molar-refractivity contribution in [3.05, 3.63) is 0 Å². The van der Waals surface area contributed by atoms with Crippen molar-refractivity contribution in [2.45, 2.75) is 12.5 Å². The third-order valence-corrected chi connectivity index (χ3v) is 1.54. The Kier molecular flexibility index (Phi) is 5.58. The summed E-state index contributed by atoms with van der Waals surface area (Å²) in [5.74, 6) is -1.12. The average Bonchev–Trinajstić information content (AvgIpc) is 2.12. The van der Waals surface area contributed by atoms with E-state index in [1.807, 2.05) is 9.47 Å². The van der Waals surface area contributed by atoms with E-state index >= 15 is 0 Å². The second kappa shape index (κ2) is 5.91. The third kappa shape index (κ3) is 3.64. The van der Waals surface area contributed by atoms with Crippen LogP contribution in [0.15, 0.2) is 0 Å². The maximum atomic E-state index is 10.8. The summed E-state index contributed by atoms with van der Waals surface area (Å²) in [6.07, 6.45) is -1.06. The Balaban J connectivity index is 3.99. The molecular weight excluding hydrogens is 183 g/mol. The van der Waals surface area contributed by atoms with E-state index < -0.39 is 18.0 Å². The Morgan fingerprint density at radius 2 is 1.92 bits per heavy atom. The van der Waals surface area contributed by atoms with E-state index in [0.717, 1.165) is 0 Å². The van der Waals surface area contributed by atoms with Gasteiger partial charge in [0.05, 0.1) is 20.6 Å². The SMILES string of the molecule is COC(=O)C[C@H](OP)C(=O)OC. The summed E-state index contributed by atoms with van der Waals surface area (Å²) in [6.45, 7) is 0. The van der Waals surface area contributed by atoms with Gasteiger partial charge in [-0.15, -0.1) is 0 Å². The van der Waals surface area contributed by atoms with Crippen LogP contribution >= 0.6 is 9.47 Å². The quantitative estimate of drug-likeness (QED) is 0.462. The first-order valence-electron chi connectivity index (χ1n) is 3.15. The molecule has 0 amide bonds. The zero-order valence-corrected chi connectivity index (χ0v) is 8.06. The molecule has 1 unspecified atom stereocenters. The van der Waals surface area contributed by atoms with E-state index in [1.165, 1.54) is 14.2 Å². The van der Waals surface area contributed by atoms with Gasteiger partial charge in [0.25, 0.3) is 0 Å². The Morgan fingerprint density at radius 1 is 1.33 bits per heavy atom. The average molecular weight is 194 g/mol. The Morgan fingerprint density at radius 3 is 2.25 bits per heavy atom. The molecule has 0 saturated heterocycles. The van der Waals surface area contributed by atoms with Gasteiger partial charge in [-0.05, 0) is 0 Å². The maximum absolute atomic E-state index is 10.8. The molecule has 70 valence electrons. The number of hydrogen-bond donors (Lipinski definition) is 0. The maximum Gasteiger partial charge on any atom is 0.335 e. The van der Waals surface area contributed by atoms with Crippen molar-refractivity contribution in [2.75, 3.05) is 14.2 Å². The van der Waals surface area contributed by atoms with Gasteiger partial charge in [0, 0.05) is 9.47 Å². The second-order valence-electron chi connectivity index (χ2n) is 1.93. The molecule has 6 heteroatoms. The number of ether oxygens (including phenoxy) is 2. The summed E-state index contributed by atoms with van der Waals surface area (Å²) < 4.78 is 13.3. The molecular formula is C6H11O5P. The molecule has 0 aliphatic heterocycles. The van der Waals surface area contributed by atoms with Crippen LogP contribution in [0.3, 0.4) is 0 Å². The molecule has 0 spiro atoms. The lowest BCUT2D eigenvalue weighted by molar-refractivity contribution is -0.154. The summed E-state index contributed by atoms with van der Waals surface area (Å²) in [6, 6.07) is 0. The highest BCUT2D eigenvalue weighted by molar-refractivity contribution is 7.09. The van der Waals surface area contributed by atoms with Gasteiger partial charge >= 0.3 is 11.9 Å². The molecule has 0 aromatic carbocycles. The minimum atomic E-state index is -0.910. The van der Waals surface area contributed by atoms with Gasteiger partial charge < -0.3 is 14.0 Å². The zero-order chi connectivity index (χ0) is 9.56. The van der Waals surface area contributed by atoms with Crippen molar-refractivity contribution in [3.8, 4) is 0 Å².